The third-order valence-corrected chi connectivity index (χ3v) is 4.24. The Bertz CT molecular complexity index is 925. The number of carbonyl (C=O) groups excluding carboxylic acids is 3. The molecule has 2 aromatic rings. The highest BCUT2D eigenvalue weighted by atomic mass is 16.5. The fourth-order valence-corrected chi connectivity index (χ4v) is 2.84. The Kier molecular flexibility index (Phi) is 5.78. The number of carbonyl (C=O) groups is 3. The summed E-state index contributed by atoms with van der Waals surface area (Å²) in [7, 11) is 3.01. The molecule has 2 N–H and O–H groups in total. The number of hydrogen-bond donors (Lipinski definition) is 2. The fourth-order valence-electron chi connectivity index (χ4n) is 2.84. The molecule has 0 unspecified atom stereocenters. The van der Waals surface area contributed by atoms with E-state index in [0.29, 0.717) is 41.3 Å². The van der Waals surface area contributed by atoms with E-state index >= 15 is 0 Å². The Morgan fingerprint density at radius 2 is 1.82 bits per heavy atom. The number of anilines is 2. The van der Waals surface area contributed by atoms with Gasteiger partial charge in [-0.3, -0.25) is 9.59 Å². The van der Waals surface area contributed by atoms with E-state index in [1.807, 2.05) is 0 Å². The monoisotopic (exact) mass is 384 g/mol. The Morgan fingerprint density at radius 3 is 2.57 bits per heavy atom. The first-order valence-corrected chi connectivity index (χ1v) is 8.62. The number of fused-ring (bicyclic) bond motifs is 1. The lowest BCUT2D eigenvalue weighted by Gasteiger charge is -2.17. The molecule has 0 aromatic heterocycles. The van der Waals surface area contributed by atoms with Crippen molar-refractivity contribution >= 4 is 29.2 Å². The molecule has 0 spiro atoms. The van der Waals surface area contributed by atoms with Crippen LogP contribution in [0.15, 0.2) is 36.4 Å². The summed E-state index contributed by atoms with van der Waals surface area (Å²) in [4.78, 5) is 35.7. The first-order chi connectivity index (χ1) is 13.5. The lowest BCUT2D eigenvalue weighted by Crippen LogP contribution is -2.22. The van der Waals surface area contributed by atoms with Gasteiger partial charge in [-0.25, -0.2) is 4.79 Å². The van der Waals surface area contributed by atoms with Crippen LogP contribution in [0.5, 0.6) is 11.5 Å². The average Bonchev–Trinajstić information content (AvgIpc) is 2.71. The zero-order chi connectivity index (χ0) is 20.1. The first kappa shape index (κ1) is 19.2. The first-order valence-electron chi connectivity index (χ1n) is 8.62. The van der Waals surface area contributed by atoms with Crippen LogP contribution in [-0.2, 0) is 20.7 Å². The maximum Gasteiger partial charge on any atom is 0.338 e. The van der Waals surface area contributed by atoms with Gasteiger partial charge < -0.3 is 24.8 Å². The average molecular weight is 384 g/mol. The molecule has 28 heavy (non-hydrogen) atoms. The van der Waals surface area contributed by atoms with Crippen LogP contribution in [0.1, 0.15) is 22.3 Å². The van der Waals surface area contributed by atoms with Crippen LogP contribution < -0.4 is 20.1 Å². The molecule has 1 aliphatic heterocycles. The molecule has 8 heteroatoms. The van der Waals surface area contributed by atoms with Crippen molar-refractivity contribution in [1.82, 2.24) is 0 Å². The van der Waals surface area contributed by atoms with E-state index in [1.165, 1.54) is 14.2 Å². The second-order valence-corrected chi connectivity index (χ2v) is 6.11. The molecule has 146 valence electrons. The van der Waals surface area contributed by atoms with Gasteiger partial charge in [-0.05, 0) is 42.3 Å². The van der Waals surface area contributed by atoms with Crippen LogP contribution in [0.4, 0.5) is 11.4 Å². The van der Waals surface area contributed by atoms with Crippen LogP contribution in [0, 0.1) is 0 Å². The predicted molar refractivity (Wildman–Crippen MR) is 102 cm³/mol. The van der Waals surface area contributed by atoms with Crippen LogP contribution in [0.25, 0.3) is 0 Å². The minimum Gasteiger partial charge on any atom is -0.493 e. The van der Waals surface area contributed by atoms with E-state index < -0.39 is 18.5 Å². The summed E-state index contributed by atoms with van der Waals surface area (Å²) < 4.78 is 15.4. The number of benzene rings is 2. The highest BCUT2D eigenvalue weighted by Crippen LogP contribution is 2.29. The third-order valence-electron chi connectivity index (χ3n) is 4.24. The van der Waals surface area contributed by atoms with Gasteiger partial charge in [0.15, 0.2) is 18.1 Å². The molecule has 0 aliphatic carbocycles. The molecular formula is C20H20N2O6. The zero-order valence-electron chi connectivity index (χ0n) is 15.5. The predicted octanol–water partition coefficient (Wildman–Crippen LogP) is 2.38. The van der Waals surface area contributed by atoms with E-state index in [-0.39, 0.29) is 5.91 Å². The van der Waals surface area contributed by atoms with Gasteiger partial charge in [-0.2, -0.15) is 0 Å². The van der Waals surface area contributed by atoms with Crippen LogP contribution in [-0.4, -0.2) is 38.6 Å². The lowest BCUT2D eigenvalue weighted by atomic mass is 10.0. The van der Waals surface area contributed by atoms with Gasteiger partial charge in [0.1, 0.15) is 0 Å². The van der Waals surface area contributed by atoms with Crippen molar-refractivity contribution in [1.29, 1.82) is 0 Å². The summed E-state index contributed by atoms with van der Waals surface area (Å²) in [6, 6.07) is 9.80. The molecule has 1 heterocycles. The number of esters is 1. The lowest BCUT2D eigenvalue weighted by molar-refractivity contribution is -0.119. The number of nitrogens with one attached hydrogen (secondary N) is 2. The summed E-state index contributed by atoms with van der Waals surface area (Å²) in [6.45, 7) is -0.430. The van der Waals surface area contributed by atoms with E-state index in [2.05, 4.69) is 10.6 Å². The number of hydrogen-bond acceptors (Lipinski definition) is 6. The van der Waals surface area contributed by atoms with Crippen LogP contribution >= 0.6 is 0 Å². The van der Waals surface area contributed by atoms with Crippen molar-refractivity contribution < 1.29 is 28.6 Å². The van der Waals surface area contributed by atoms with Gasteiger partial charge >= 0.3 is 5.97 Å². The second kappa shape index (κ2) is 8.43. The summed E-state index contributed by atoms with van der Waals surface area (Å²) in [5.74, 6) is -0.128. The van der Waals surface area contributed by atoms with E-state index in [4.69, 9.17) is 14.2 Å². The maximum absolute atomic E-state index is 12.2. The van der Waals surface area contributed by atoms with E-state index in [9.17, 15) is 14.4 Å². The highest BCUT2D eigenvalue weighted by molar-refractivity contribution is 5.97. The Morgan fingerprint density at radius 1 is 1.04 bits per heavy atom. The molecule has 0 bridgehead atoms. The summed E-state index contributed by atoms with van der Waals surface area (Å²) in [5, 5.41) is 5.38. The van der Waals surface area contributed by atoms with Crippen molar-refractivity contribution in [2.24, 2.45) is 0 Å². The molecule has 0 saturated heterocycles. The summed E-state index contributed by atoms with van der Waals surface area (Å²) in [5.41, 5.74) is 2.37. The molecule has 8 nitrogen and oxygen atoms in total. The number of rotatable bonds is 6. The molecule has 0 atom stereocenters. The third kappa shape index (κ3) is 4.40. The number of ether oxygens (including phenoxy) is 3. The number of amides is 2. The molecule has 1 aliphatic rings. The topological polar surface area (TPSA) is 103 Å². The van der Waals surface area contributed by atoms with Crippen molar-refractivity contribution in [3.05, 3.63) is 47.5 Å². The molecule has 2 aromatic carbocycles. The Hall–Kier alpha value is -3.55. The number of methoxy groups -OCH3 is 2. The molecular weight excluding hydrogens is 364 g/mol. The standard InChI is InChI=1S/C20H20N2O6/c1-26-16-7-5-14(10-17(16)27-2)21-19(24)11-28-20(25)13-3-6-15-12(9-13)4-8-18(23)22-15/h3,5-7,9-10H,4,8,11H2,1-2H3,(H,21,24)(H,22,23). The summed E-state index contributed by atoms with van der Waals surface area (Å²) in [6.07, 6.45) is 0.932. The van der Waals surface area contributed by atoms with Gasteiger partial charge in [0.05, 0.1) is 19.8 Å². The van der Waals surface area contributed by atoms with Gasteiger partial charge in [-0.15, -0.1) is 0 Å². The second-order valence-electron chi connectivity index (χ2n) is 6.11. The number of aryl methyl sites for hydroxylation is 1. The highest BCUT2D eigenvalue weighted by Gasteiger charge is 2.18. The van der Waals surface area contributed by atoms with Gasteiger partial charge in [-0.1, -0.05) is 0 Å². The Balaban J connectivity index is 1.57. The molecule has 0 fully saturated rings. The quantitative estimate of drug-likeness (QED) is 0.742. The smallest absolute Gasteiger partial charge is 0.338 e. The van der Waals surface area contributed by atoms with Crippen LogP contribution in [0.3, 0.4) is 0 Å². The molecule has 0 saturated carbocycles. The van der Waals surface area contributed by atoms with E-state index in [1.54, 1.807) is 36.4 Å². The zero-order valence-corrected chi connectivity index (χ0v) is 15.5. The van der Waals surface area contributed by atoms with Gasteiger partial charge in [0.2, 0.25) is 5.91 Å². The van der Waals surface area contributed by atoms with Crippen molar-refractivity contribution in [3.63, 3.8) is 0 Å². The van der Waals surface area contributed by atoms with Crippen molar-refractivity contribution in [2.45, 2.75) is 12.8 Å². The largest absolute Gasteiger partial charge is 0.493 e. The van der Waals surface area contributed by atoms with Gasteiger partial charge in [0, 0.05) is 23.9 Å². The Labute approximate surface area is 161 Å². The molecule has 3 rings (SSSR count). The van der Waals surface area contributed by atoms with Crippen LogP contribution in [0.2, 0.25) is 0 Å². The van der Waals surface area contributed by atoms with Gasteiger partial charge in [0.25, 0.3) is 5.91 Å². The molecule has 0 radical (unpaired) electrons. The van der Waals surface area contributed by atoms with E-state index in [0.717, 1.165) is 5.56 Å². The maximum atomic E-state index is 12.2. The van der Waals surface area contributed by atoms with Crippen molar-refractivity contribution in [2.75, 3.05) is 31.5 Å². The normalized spacial score (nSPS) is 12.4. The SMILES string of the molecule is COc1ccc(NC(=O)COC(=O)c2ccc3c(c2)CCC(=O)N3)cc1OC. The minimum atomic E-state index is -0.609. The summed E-state index contributed by atoms with van der Waals surface area (Å²) >= 11 is 0. The fraction of sp³-hybridized carbons (Fsp3) is 0.250. The minimum absolute atomic E-state index is 0.0466. The van der Waals surface area contributed by atoms with Crippen molar-refractivity contribution in [3.8, 4) is 11.5 Å². The molecule has 2 amide bonds.